The molecule has 7 nitrogen and oxygen atoms in total. The number of carbonyl (C=O) groups is 1. The first kappa shape index (κ1) is 18.1. The molecule has 0 aromatic carbocycles. The number of rotatable bonds is 2. The third-order valence-corrected chi connectivity index (χ3v) is 5.94. The summed E-state index contributed by atoms with van der Waals surface area (Å²) in [5.41, 5.74) is 3.59. The second kappa shape index (κ2) is 7.11. The van der Waals surface area contributed by atoms with Gasteiger partial charge in [-0.15, -0.1) is 0 Å². The van der Waals surface area contributed by atoms with Crippen LogP contribution in [0.4, 0.5) is 22.1 Å². The third kappa shape index (κ3) is 3.23. The van der Waals surface area contributed by atoms with E-state index in [1.165, 1.54) is 0 Å². The van der Waals surface area contributed by atoms with Gasteiger partial charge >= 0.3 is 6.03 Å². The van der Waals surface area contributed by atoms with Crippen molar-refractivity contribution in [2.45, 2.75) is 19.4 Å². The van der Waals surface area contributed by atoms with Gasteiger partial charge in [-0.2, -0.15) is 0 Å². The van der Waals surface area contributed by atoms with Crippen molar-refractivity contribution in [1.29, 1.82) is 0 Å². The van der Waals surface area contributed by atoms with E-state index in [1.54, 1.807) is 17.2 Å². The van der Waals surface area contributed by atoms with Crippen molar-refractivity contribution in [3.8, 4) is 11.3 Å². The van der Waals surface area contributed by atoms with Crippen molar-refractivity contribution >= 4 is 39.3 Å². The predicted octanol–water partition coefficient (Wildman–Crippen LogP) is 4.24. The lowest BCUT2D eigenvalue weighted by atomic mass is 10.1. The monoisotopic (exact) mass is 450 g/mol. The Morgan fingerprint density at radius 2 is 2.14 bits per heavy atom. The van der Waals surface area contributed by atoms with E-state index in [1.807, 2.05) is 37.4 Å². The zero-order valence-corrected chi connectivity index (χ0v) is 17.4. The van der Waals surface area contributed by atoms with Crippen LogP contribution in [0, 0.1) is 6.92 Å². The Morgan fingerprint density at radius 1 is 1.24 bits per heavy atom. The lowest BCUT2D eigenvalue weighted by Crippen LogP contribution is -2.48. The Bertz CT molecular complexity index is 1070. The summed E-state index contributed by atoms with van der Waals surface area (Å²) in [7, 11) is 0. The van der Waals surface area contributed by atoms with Gasteiger partial charge in [0.25, 0.3) is 0 Å². The van der Waals surface area contributed by atoms with E-state index in [0.717, 1.165) is 46.6 Å². The minimum absolute atomic E-state index is 0.0869. The van der Waals surface area contributed by atoms with Crippen LogP contribution in [0.15, 0.2) is 53.3 Å². The molecule has 5 heterocycles. The highest BCUT2D eigenvalue weighted by molar-refractivity contribution is 9.10. The molecule has 0 saturated carbocycles. The zero-order valence-electron chi connectivity index (χ0n) is 15.8. The SMILES string of the molecule is Cc1ccc(-c2nc3c(cc2Br)N2CC[C@@H](C2)N3C(=O)Nc2ccccn2)cn1. The zero-order chi connectivity index (χ0) is 20.0. The van der Waals surface area contributed by atoms with Crippen molar-refractivity contribution in [2.75, 3.05) is 28.2 Å². The molecule has 1 N–H and O–H groups in total. The van der Waals surface area contributed by atoms with Crippen LogP contribution >= 0.6 is 15.9 Å². The Morgan fingerprint density at radius 3 is 2.90 bits per heavy atom. The van der Waals surface area contributed by atoms with E-state index in [2.05, 4.69) is 42.2 Å². The molecule has 1 saturated heterocycles. The Balaban J connectivity index is 1.57. The fourth-order valence-electron chi connectivity index (χ4n) is 3.90. The molecule has 2 aliphatic heterocycles. The van der Waals surface area contributed by atoms with Crippen LogP contribution in [0.25, 0.3) is 11.3 Å². The van der Waals surface area contributed by atoms with Crippen molar-refractivity contribution in [2.24, 2.45) is 0 Å². The highest BCUT2D eigenvalue weighted by atomic mass is 79.9. The second-order valence-electron chi connectivity index (χ2n) is 7.25. The summed E-state index contributed by atoms with van der Waals surface area (Å²) in [5, 5.41) is 2.91. The first-order chi connectivity index (χ1) is 14.1. The number of carbonyl (C=O) groups excluding carboxylic acids is 1. The van der Waals surface area contributed by atoms with Gasteiger partial charge in [-0.3, -0.25) is 15.2 Å². The standard InChI is InChI=1S/C21H19BrN6O/c1-13-5-6-14(11-24-13)19-16(22)10-17-20(26-19)28(15-7-9-27(17)12-15)21(29)25-18-4-2-3-8-23-18/h2-6,8,10-11,15H,7,9,12H2,1H3,(H,23,25,29)/t15-/m0/s1. The van der Waals surface area contributed by atoms with Gasteiger partial charge in [-0.05, 0) is 59.6 Å². The van der Waals surface area contributed by atoms with Crippen molar-refractivity contribution < 1.29 is 4.79 Å². The van der Waals surface area contributed by atoms with Gasteiger partial charge < -0.3 is 4.90 Å². The first-order valence-electron chi connectivity index (χ1n) is 9.50. The summed E-state index contributed by atoms with van der Waals surface area (Å²) in [6.07, 6.45) is 4.38. The number of aromatic nitrogens is 3. The van der Waals surface area contributed by atoms with E-state index in [4.69, 9.17) is 4.98 Å². The maximum Gasteiger partial charge on any atom is 0.329 e. The molecular weight excluding hydrogens is 432 g/mol. The number of urea groups is 1. The maximum absolute atomic E-state index is 13.2. The summed E-state index contributed by atoms with van der Waals surface area (Å²) < 4.78 is 0.886. The summed E-state index contributed by atoms with van der Waals surface area (Å²) in [6.45, 7) is 3.67. The summed E-state index contributed by atoms with van der Waals surface area (Å²) in [4.78, 5) is 30.8. The highest BCUT2D eigenvalue weighted by Crippen LogP contribution is 2.43. The molecule has 0 unspecified atom stereocenters. The predicted molar refractivity (Wildman–Crippen MR) is 116 cm³/mol. The number of fused-ring (bicyclic) bond motifs is 4. The van der Waals surface area contributed by atoms with Gasteiger partial charge in [-0.1, -0.05) is 6.07 Å². The summed E-state index contributed by atoms with van der Waals surface area (Å²) >= 11 is 3.67. The maximum atomic E-state index is 13.2. The lowest BCUT2D eigenvalue weighted by Gasteiger charge is -2.36. The van der Waals surface area contributed by atoms with Gasteiger partial charge in [0.2, 0.25) is 0 Å². The average Bonchev–Trinajstić information content (AvgIpc) is 3.14. The number of hydrogen-bond acceptors (Lipinski definition) is 5. The van der Waals surface area contributed by atoms with Gasteiger partial charge in [0.05, 0.1) is 17.4 Å². The molecule has 2 amide bonds. The Labute approximate surface area is 176 Å². The van der Waals surface area contributed by atoms with Gasteiger partial charge in [0, 0.05) is 41.2 Å². The van der Waals surface area contributed by atoms with Crippen LogP contribution in [0.5, 0.6) is 0 Å². The fourth-order valence-corrected chi connectivity index (χ4v) is 4.44. The number of anilines is 3. The Hall–Kier alpha value is -3.00. The minimum atomic E-state index is -0.209. The van der Waals surface area contributed by atoms with E-state index in [-0.39, 0.29) is 12.1 Å². The largest absolute Gasteiger partial charge is 0.366 e. The number of nitrogens with one attached hydrogen (secondary N) is 1. The highest BCUT2D eigenvalue weighted by Gasteiger charge is 2.40. The number of aryl methyl sites for hydroxylation is 1. The fraction of sp³-hybridized carbons (Fsp3) is 0.238. The molecule has 0 aliphatic carbocycles. The normalized spacial score (nSPS) is 17.2. The number of halogens is 1. The van der Waals surface area contributed by atoms with E-state index >= 15 is 0 Å². The van der Waals surface area contributed by atoms with Crippen LogP contribution < -0.4 is 15.1 Å². The van der Waals surface area contributed by atoms with Gasteiger partial charge in [0.15, 0.2) is 5.82 Å². The van der Waals surface area contributed by atoms with Crippen LogP contribution in [0.1, 0.15) is 12.1 Å². The van der Waals surface area contributed by atoms with Crippen LogP contribution in [0.2, 0.25) is 0 Å². The van der Waals surface area contributed by atoms with Crippen LogP contribution in [-0.4, -0.2) is 40.1 Å². The van der Waals surface area contributed by atoms with Crippen molar-refractivity contribution in [3.05, 3.63) is 59.0 Å². The molecule has 0 radical (unpaired) electrons. The molecule has 2 bridgehead atoms. The molecule has 5 rings (SSSR count). The molecule has 146 valence electrons. The minimum Gasteiger partial charge on any atom is -0.366 e. The number of nitrogens with zero attached hydrogens (tertiary/aromatic N) is 5. The quantitative estimate of drug-likeness (QED) is 0.631. The molecular formula is C21H19BrN6O. The van der Waals surface area contributed by atoms with E-state index < -0.39 is 0 Å². The summed E-state index contributed by atoms with van der Waals surface area (Å²) in [6, 6.07) is 11.3. The van der Waals surface area contributed by atoms with Gasteiger partial charge in [0.1, 0.15) is 5.82 Å². The van der Waals surface area contributed by atoms with Crippen LogP contribution in [-0.2, 0) is 0 Å². The van der Waals surface area contributed by atoms with E-state index in [9.17, 15) is 4.79 Å². The van der Waals surface area contributed by atoms with Crippen molar-refractivity contribution in [1.82, 2.24) is 15.0 Å². The molecule has 29 heavy (non-hydrogen) atoms. The Kier molecular flexibility index (Phi) is 4.43. The molecule has 3 aromatic rings. The molecule has 2 aliphatic rings. The smallest absolute Gasteiger partial charge is 0.329 e. The molecule has 3 aromatic heterocycles. The first-order valence-corrected chi connectivity index (χ1v) is 10.3. The number of pyridine rings is 3. The lowest BCUT2D eigenvalue weighted by molar-refractivity contribution is 0.254. The summed E-state index contributed by atoms with van der Waals surface area (Å²) in [5.74, 6) is 1.20. The third-order valence-electron chi connectivity index (χ3n) is 5.34. The van der Waals surface area contributed by atoms with Gasteiger partial charge in [-0.25, -0.2) is 14.8 Å². The number of amides is 2. The van der Waals surface area contributed by atoms with E-state index in [0.29, 0.717) is 11.6 Å². The van der Waals surface area contributed by atoms with Crippen LogP contribution in [0.3, 0.4) is 0 Å². The second-order valence-corrected chi connectivity index (χ2v) is 8.11. The molecule has 0 spiro atoms. The molecule has 1 fully saturated rings. The molecule has 1 atom stereocenters. The topological polar surface area (TPSA) is 74.2 Å². The molecule has 8 heteroatoms. The van der Waals surface area contributed by atoms with Crippen molar-refractivity contribution in [3.63, 3.8) is 0 Å². The average molecular weight is 451 g/mol. The number of hydrogen-bond donors (Lipinski definition) is 1.